The highest BCUT2D eigenvalue weighted by molar-refractivity contribution is 5.97. The summed E-state index contributed by atoms with van der Waals surface area (Å²) in [7, 11) is 1.60. The van der Waals surface area contributed by atoms with Crippen LogP contribution < -0.4 is 10.2 Å². The van der Waals surface area contributed by atoms with Crippen LogP contribution in [0.2, 0.25) is 0 Å². The van der Waals surface area contributed by atoms with Crippen molar-refractivity contribution in [2.24, 2.45) is 0 Å². The van der Waals surface area contributed by atoms with Crippen LogP contribution in [0.4, 0.5) is 17.4 Å². The van der Waals surface area contributed by atoms with Gasteiger partial charge < -0.3 is 24.2 Å². The fourth-order valence-electron chi connectivity index (χ4n) is 3.16. The van der Waals surface area contributed by atoms with E-state index in [0.29, 0.717) is 28.8 Å². The summed E-state index contributed by atoms with van der Waals surface area (Å²) < 4.78 is 11.2. The molecule has 2 aromatic heterocycles. The first-order valence-corrected chi connectivity index (χ1v) is 9.26. The van der Waals surface area contributed by atoms with E-state index in [1.54, 1.807) is 25.5 Å². The molecule has 0 saturated heterocycles. The van der Waals surface area contributed by atoms with Gasteiger partial charge in [0.15, 0.2) is 17.9 Å². The van der Waals surface area contributed by atoms with Crippen molar-refractivity contribution >= 4 is 23.3 Å². The van der Waals surface area contributed by atoms with Crippen molar-refractivity contribution in [2.45, 2.75) is 6.92 Å². The van der Waals surface area contributed by atoms with Crippen molar-refractivity contribution in [3.8, 4) is 22.6 Å². The van der Waals surface area contributed by atoms with Gasteiger partial charge >= 0.3 is 0 Å². The number of carbonyl (C=O) groups excluding carboxylic acids is 1. The van der Waals surface area contributed by atoms with Crippen LogP contribution in [-0.4, -0.2) is 34.6 Å². The van der Waals surface area contributed by atoms with Crippen molar-refractivity contribution in [2.75, 3.05) is 23.9 Å². The Labute approximate surface area is 172 Å². The third kappa shape index (κ3) is 3.81. The zero-order valence-electron chi connectivity index (χ0n) is 16.5. The summed E-state index contributed by atoms with van der Waals surface area (Å²) in [6, 6.07) is 13.4. The summed E-state index contributed by atoms with van der Waals surface area (Å²) in [4.78, 5) is 21.5. The summed E-state index contributed by atoms with van der Waals surface area (Å²) in [5.74, 6) is 0.791. The van der Waals surface area contributed by atoms with Gasteiger partial charge in [-0.3, -0.25) is 4.79 Å². The second kappa shape index (κ2) is 8.22. The Bertz CT molecular complexity index is 1170. The number of hydrogen-bond donors (Lipinski definition) is 2. The van der Waals surface area contributed by atoms with Crippen molar-refractivity contribution in [3.63, 3.8) is 0 Å². The van der Waals surface area contributed by atoms with Gasteiger partial charge in [0.2, 0.25) is 0 Å². The third-order valence-corrected chi connectivity index (χ3v) is 4.72. The van der Waals surface area contributed by atoms with Crippen LogP contribution in [0.5, 0.6) is 0 Å². The van der Waals surface area contributed by atoms with Crippen molar-refractivity contribution in [1.82, 2.24) is 9.97 Å². The Morgan fingerprint density at radius 2 is 1.97 bits per heavy atom. The van der Waals surface area contributed by atoms with E-state index in [1.165, 1.54) is 11.3 Å². The molecule has 0 spiro atoms. The molecule has 0 aliphatic carbocycles. The number of aliphatic hydroxyl groups is 1. The van der Waals surface area contributed by atoms with E-state index in [9.17, 15) is 4.79 Å². The van der Waals surface area contributed by atoms with E-state index in [-0.39, 0.29) is 0 Å². The average molecular weight is 404 g/mol. The second-order valence-corrected chi connectivity index (χ2v) is 6.68. The topological polar surface area (TPSA) is 105 Å². The molecule has 30 heavy (non-hydrogen) atoms. The Balaban J connectivity index is 1.57. The lowest BCUT2D eigenvalue weighted by Crippen LogP contribution is -2.29. The Hall–Kier alpha value is -3.91. The van der Waals surface area contributed by atoms with Crippen LogP contribution in [0.1, 0.15) is 5.56 Å². The molecule has 4 aromatic rings. The molecule has 8 nitrogen and oxygen atoms in total. The number of aliphatic hydroxyl groups excluding tert-OH is 1. The first-order valence-electron chi connectivity index (χ1n) is 9.26. The number of aromatic nitrogens is 2. The molecule has 4 rings (SSSR count). The van der Waals surface area contributed by atoms with Crippen LogP contribution in [0.15, 0.2) is 70.1 Å². The molecule has 2 N–H and O–H groups in total. The van der Waals surface area contributed by atoms with E-state index in [1.807, 2.05) is 43.3 Å². The second-order valence-electron chi connectivity index (χ2n) is 6.68. The molecule has 2 aromatic carbocycles. The lowest BCUT2D eigenvalue weighted by Gasteiger charge is -2.18. The smallest absolute Gasteiger partial charge is 0.299 e. The average Bonchev–Trinajstić information content (AvgIpc) is 3.45. The summed E-state index contributed by atoms with van der Waals surface area (Å²) in [6.07, 6.45) is 4.67. The lowest BCUT2D eigenvalue weighted by atomic mass is 10.1. The highest BCUT2D eigenvalue weighted by Crippen LogP contribution is 2.33. The fraction of sp³-hybridized carbons (Fsp3) is 0.136. The zero-order chi connectivity index (χ0) is 21.1. The van der Waals surface area contributed by atoms with Gasteiger partial charge in [-0.1, -0.05) is 12.1 Å². The number of likely N-dealkylation sites (N-methyl/N-ethyl adjacent to an activating group) is 1. The van der Waals surface area contributed by atoms with Crippen LogP contribution in [0.3, 0.4) is 0 Å². The molecule has 8 heteroatoms. The number of aryl methyl sites for hydroxylation is 1. The van der Waals surface area contributed by atoms with Gasteiger partial charge in [0, 0.05) is 23.9 Å². The maximum absolute atomic E-state index is 11.9. The fourth-order valence-corrected chi connectivity index (χ4v) is 3.16. The number of benzene rings is 2. The summed E-state index contributed by atoms with van der Waals surface area (Å²) in [5, 5.41) is 12.3. The molecule has 0 radical (unpaired) electrons. The lowest BCUT2D eigenvalue weighted by molar-refractivity contribution is -0.120. The molecule has 0 aliphatic rings. The molecule has 2 heterocycles. The minimum atomic E-state index is -0.572. The van der Waals surface area contributed by atoms with E-state index >= 15 is 0 Å². The van der Waals surface area contributed by atoms with Gasteiger partial charge in [-0.05, 0) is 42.8 Å². The van der Waals surface area contributed by atoms with Gasteiger partial charge in [-0.2, -0.15) is 0 Å². The summed E-state index contributed by atoms with van der Waals surface area (Å²) in [5.41, 5.74) is 4.09. The summed E-state index contributed by atoms with van der Waals surface area (Å²) >= 11 is 0. The van der Waals surface area contributed by atoms with Gasteiger partial charge in [0.05, 0.1) is 18.1 Å². The number of para-hydroxylation sites is 1. The number of hydrogen-bond acceptors (Lipinski definition) is 7. The molecular weight excluding hydrogens is 384 g/mol. The molecule has 0 saturated carbocycles. The van der Waals surface area contributed by atoms with Crippen LogP contribution in [0.25, 0.3) is 22.6 Å². The van der Waals surface area contributed by atoms with Gasteiger partial charge in [0.25, 0.3) is 11.9 Å². The molecule has 152 valence electrons. The number of carbonyl (C=O) groups is 1. The van der Waals surface area contributed by atoms with E-state index in [0.717, 1.165) is 16.8 Å². The number of oxazole rings is 2. The van der Waals surface area contributed by atoms with Crippen LogP contribution in [0, 0.1) is 6.92 Å². The SMILES string of the molecule is Cc1cc(Nc2ncc(-c3ccccc3N(C)C(=O)CO)o2)ccc1-c1cnco1. The van der Waals surface area contributed by atoms with Crippen molar-refractivity contribution in [1.29, 1.82) is 0 Å². The van der Waals surface area contributed by atoms with Gasteiger partial charge in [-0.25, -0.2) is 9.97 Å². The minimum Gasteiger partial charge on any atom is -0.444 e. The number of nitrogens with zero attached hydrogens (tertiary/aromatic N) is 3. The normalized spacial score (nSPS) is 10.8. The van der Waals surface area contributed by atoms with E-state index in [4.69, 9.17) is 13.9 Å². The van der Waals surface area contributed by atoms with Crippen molar-refractivity contribution in [3.05, 3.63) is 66.8 Å². The molecule has 0 bridgehead atoms. The summed E-state index contributed by atoms with van der Waals surface area (Å²) in [6.45, 7) is 1.41. The number of rotatable bonds is 6. The molecular formula is C22H20N4O4. The number of amides is 1. The van der Waals surface area contributed by atoms with E-state index in [2.05, 4.69) is 15.3 Å². The maximum Gasteiger partial charge on any atom is 0.299 e. The molecule has 0 unspecified atom stereocenters. The van der Waals surface area contributed by atoms with Crippen molar-refractivity contribution < 1.29 is 18.7 Å². The minimum absolute atomic E-state index is 0.322. The molecule has 1 amide bonds. The first-order chi connectivity index (χ1) is 14.6. The quantitative estimate of drug-likeness (QED) is 0.500. The monoisotopic (exact) mass is 404 g/mol. The predicted octanol–water partition coefficient (Wildman–Crippen LogP) is 4.00. The number of nitrogens with one attached hydrogen (secondary N) is 1. The third-order valence-electron chi connectivity index (χ3n) is 4.72. The van der Waals surface area contributed by atoms with Gasteiger partial charge in [-0.15, -0.1) is 0 Å². The molecule has 0 aliphatic heterocycles. The van der Waals surface area contributed by atoms with Gasteiger partial charge in [0.1, 0.15) is 6.61 Å². The Morgan fingerprint density at radius 3 is 2.70 bits per heavy atom. The van der Waals surface area contributed by atoms with Crippen LogP contribution in [-0.2, 0) is 4.79 Å². The van der Waals surface area contributed by atoms with Crippen LogP contribution >= 0.6 is 0 Å². The van der Waals surface area contributed by atoms with E-state index < -0.39 is 12.5 Å². The Morgan fingerprint density at radius 1 is 1.13 bits per heavy atom. The molecule has 0 fully saturated rings. The number of anilines is 3. The largest absolute Gasteiger partial charge is 0.444 e. The first kappa shape index (κ1) is 19.4. The highest BCUT2D eigenvalue weighted by Gasteiger charge is 2.17. The maximum atomic E-state index is 11.9. The predicted molar refractivity (Wildman–Crippen MR) is 112 cm³/mol. The zero-order valence-corrected chi connectivity index (χ0v) is 16.5. The Kier molecular flexibility index (Phi) is 5.32. The highest BCUT2D eigenvalue weighted by atomic mass is 16.4. The molecule has 0 atom stereocenters. The standard InChI is InChI=1S/C22H20N4O4/c1-14-9-15(7-8-16(14)19-10-23-13-29-19)25-22-24-11-20(30-22)17-5-3-4-6-18(17)26(2)21(28)12-27/h3-11,13,27H,12H2,1-2H3,(H,24,25).